The third kappa shape index (κ3) is 10.0. The summed E-state index contributed by atoms with van der Waals surface area (Å²) < 4.78 is 23.7. The van der Waals surface area contributed by atoms with Crippen LogP contribution in [-0.2, 0) is 5.41 Å². The van der Waals surface area contributed by atoms with Crippen molar-refractivity contribution in [3.05, 3.63) is 301 Å². The number of ether oxygens (including phenoxy) is 4. The first kappa shape index (κ1) is 54.4. The Morgan fingerprint density at radius 3 is 0.782 bits per heavy atom. The van der Waals surface area contributed by atoms with Gasteiger partial charge in [-0.15, -0.1) is 0 Å². The molecule has 12 aromatic carbocycles. The van der Waals surface area contributed by atoms with Gasteiger partial charge in [-0.2, -0.15) is 0 Å². The van der Waals surface area contributed by atoms with Crippen LogP contribution in [0.25, 0.3) is 66.8 Å². The van der Waals surface area contributed by atoms with Gasteiger partial charge in [0.1, 0.15) is 23.0 Å². The number of rotatable bonds is 18. The summed E-state index contributed by atoms with van der Waals surface area (Å²) in [5.41, 5.74) is 24.4. The van der Waals surface area contributed by atoms with Crippen LogP contribution in [0.4, 0.5) is 34.1 Å². The van der Waals surface area contributed by atoms with Crippen LogP contribution in [0.5, 0.6) is 23.0 Å². The van der Waals surface area contributed by atoms with Gasteiger partial charge < -0.3 is 28.7 Å². The van der Waals surface area contributed by atoms with Crippen LogP contribution in [-0.4, -0.2) is 26.4 Å². The van der Waals surface area contributed by atoms with Crippen LogP contribution in [0.15, 0.2) is 279 Å². The molecule has 0 N–H and O–H groups in total. The Bertz CT molecular complexity index is 3980. The summed E-state index contributed by atoms with van der Waals surface area (Å²) in [4.78, 5) is 4.82. The van der Waals surface area contributed by atoms with Crippen molar-refractivity contribution in [3.8, 4) is 89.8 Å². The lowest BCUT2D eigenvalue weighted by Crippen LogP contribution is -2.26. The maximum absolute atomic E-state index is 5.94. The molecule has 6 nitrogen and oxygen atoms in total. The smallest absolute Gasteiger partial charge is 0.119 e. The van der Waals surface area contributed by atoms with E-state index in [1.807, 2.05) is 52.0 Å². The molecule has 0 radical (unpaired) electrons. The SMILES string of the molecule is CCOc1cccc(-c2ccc(N(c3ccc(-c4cccc(OCC)c4)cc3)c3ccc4c(c3)C3(c5ccccc5-c5ccccc53)c3cc(N(c5ccc(-c6cccc(OCC)c6)cc5)c5ccc(-c6cccc(OCC)c6)cc5)ccc3-4)cc2)c1. The highest BCUT2D eigenvalue weighted by Gasteiger charge is 2.52. The molecule has 2 aliphatic carbocycles. The van der Waals surface area contributed by atoms with Crippen molar-refractivity contribution in [2.75, 3.05) is 36.2 Å². The molecule has 0 saturated carbocycles. The lowest BCUT2D eigenvalue weighted by molar-refractivity contribution is 0.340. The molecular weight excluding hydrogens is 1060 g/mol. The number of fused-ring (bicyclic) bond motifs is 10. The normalized spacial score (nSPS) is 12.2. The summed E-state index contributed by atoms with van der Waals surface area (Å²) >= 11 is 0. The number of hydrogen-bond acceptors (Lipinski definition) is 6. The standard InChI is InChI=1S/C81H66N2O4/c1-5-84-69-21-13-17-59(49-69)55-29-37-63(38-30-55)82(64-39-31-56(32-40-64)60-18-14-22-70(50-60)85-6-2)67-45-47-75-76-48-46-68(54-80(76)81(79(75)53-67)77-27-11-9-25-73(77)74-26-10-12-28-78(74)81)83(65-41-33-57(34-42-65)61-19-15-23-71(51-61)86-7-3)66-43-35-58(36-44-66)62-20-16-24-72(52-62)87-8-4/h9-54H,5-8H2,1-4H3. The number of hydrogen-bond donors (Lipinski definition) is 0. The van der Waals surface area contributed by atoms with Crippen LogP contribution in [0.3, 0.4) is 0 Å². The maximum Gasteiger partial charge on any atom is 0.119 e. The second-order valence-corrected chi connectivity index (χ2v) is 22.0. The predicted molar refractivity (Wildman–Crippen MR) is 359 cm³/mol. The minimum absolute atomic E-state index is 0.611. The molecule has 0 aliphatic heterocycles. The average molecular weight is 1130 g/mol. The summed E-state index contributed by atoms with van der Waals surface area (Å²) in [7, 11) is 0. The molecule has 0 aromatic heterocycles. The van der Waals surface area contributed by atoms with E-state index in [0.717, 1.165) is 102 Å². The van der Waals surface area contributed by atoms with Gasteiger partial charge >= 0.3 is 0 Å². The van der Waals surface area contributed by atoms with E-state index in [1.165, 1.54) is 44.5 Å². The van der Waals surface area contributed by atoms with E-state index in [0.29, 0.717) is 26.4 Å². The minimum atomic E-state index is -0.670. The fourth-order valence-corrected chi connectivity index (χ4v) is 13.2. The van der Waals surface area contributed by atoms with E-state index in [9.17, 15) is 0 Å². The van der Waals surface area contributed by atoms with Crippen LogP contribution in [0, 0.1) is 0 Å². The van der Waals surface area contributed by atoms with Gasteiger partial charge in [-0.3, -0.25) is 0 Å². The van der Waals surface area contributed by atoms with Gasteiger partial charge in [-0.05, 0) is 238 Å². The Kier molecular flexibility index (Phi) is 14.7. The molecule has 0 heterocycles. The molecule has 0 bridgehead atoms. The van der Waals surface area contributed by atoms with Crippen molar-refractivity contribution in [1.82, 2.24) is 0 Å². The summed E-state index contributed by atoms with van der Waals surface area (Å²) in [6, 6.07) is 102. The third-order valence-electron chi connectivity index (χ3n) is 17.0. The molecule has 87 heavy (non-hydrogen) atoms. The van der Waals surface area contributed by atoms with Gasteiger partial charge in [-0.1, -0.05) is 158 Å². The van der Waals surface area contributed by atoms with E-state index in [-0.39, 0.29) is 0 Å². The molecule has 2 aliphatic rings. The number of anilines is 6. The van der Waals surface area contributed by atoms with Crippen molar-refractivity contribution in [1.29, 1.82) is 0 Å². The molecule has 0 amide bonds. The fourth-order valence-electron chi connectivity index (χ4n) is 13.2. The highest BCUT2D eigenvalue weighted by molar-refractivity contribution is 5.98. The summed E-state index contributed by atoms with van der Waals surface area (Å²) in [6.45, 7) is 10.5. The zero-order valence-electron chi connectivity index (χ0n) is 49.4. The average Bonchev–Trinajstić information content (AvgIpc) is 1.55. The number of nitrogens with zero attached hydrogens (tertiary/aromatic N) is 2. The van der Waals surface area contributed by atoms with Crippen molar-refractivity contribution < 1.29 is 18.9 Å². The van der Waals surface area contributed by atoms with E-state index >= 15 is 0 Å². The second-order valence-electron chi connectivity index (χ2n) is 22.0. The molecule has 0 saturated heterocycles. The van der Waals surface area contributed by atoms with Crippen molar-refractivity contribution in [2.45, 2.75) is 33.1 Å². The molecule has 0 unspecified atom stereocenters. The van der Waals surface area contributed by atoms with Crippen LogP contribution in [0.2, 0.25) is 0 Å². The van der Waals surface area contributed by atoms with Gasteiger partial charge in [0.15, 0.2) is 0 Å². The first-order valence-electron chi connectivity index (χ1n) is 30.3. The largest absolute Gasteiger partial charge is 0.494 e. The molecular formula is C81H66N2O4. The molecule has 0 fully saturated rings. The van der Waals surface area contributed by atoms with Gasteiger partial charge in [-0.25, -0.2) is 0 Å². The fraction of sp³-hybridized carbons (Fsp3) is 0.111. The molecule has 1 spiro atoms. The lowest BCUT2D eigenvalue weighted by Gasteiger charge is -2.33. The molecule has 424 valence electrons. The van der Waals surface area contributed by atoms with Gasteiger partial charge in [0, 0.05) is 34.1 Å². The quantitative estimate of drug-likeness (QED) is 0.0853. The Morgan fingerprint density at radius 1 is 0.230 bits per heavy atom. The van der Waals surface area contributed by atoms with E-state index in [2.05, 4.69) is 265 Å². The topological polar surface area (TPSA) is 43.4 Å². The summed E-state index contributed by atoms with van der Waals surface area (Å²) in [5.74, 6) is 3.44. The Hall–Kier alpha value is -10.6. The van der Waals surface area contributed by atoms with Crippen molar-refractivity contribution in [3.63, 3.8) is 0 Å². The molecule has 0 atom stereocenters. The Balaban J connectivity index is 0.933. The van der Waals surface area contributed by atoms with E-state index in [1.54, 1.807) is 0 Å². The highest BCUT2D eigenvalue weighted by atomic mass is 16.5. The first-order valence-corrected chi connectivity index (χ1v) is 30.3. The van der Waals surface area contributed by atoms with Gasteiger partial charge in [0.2, 0.25) is 0 Å². The van der Waals surface area contributed by atoms with Crippen molar-refractivity contribution in [2.24, 2.45) is 0 Å². The maximum atomic E-state index is 5.94. The molecule has 12 aromatic rings. The van der Waals surface area contributed by atoms with Crippen molar-refractivity contribution >= 4 is 34.1 Å². The highest BCUT2D eigenvalue weighted by Crippen LogP contribution is 2.64. The van der Waals surface area contributed by atoms with Gasteiger partial charge in [0.05, 0.1) is 31.8 Å². The minimum Gasteiger partial charge on any atom is -0.494 e. The third-order valence-corrected chi connectivity index (χ3v) is 17.0. The van der Waals surface area contributed by atoms with Crippen LogP contribution in [0.1, 0.15) is 49.9 Å². The van der Waals surface area contributed by atoms with Crippen LogP contribution < -0.4 is 28.7 Å². The lowest BCUT2D eigenvalue weighted by atomic mass is 9.70. The molecule has 14 rings (SSSR count). The van der Waals surface area contributed by atoms with Crippen LogP contribution >= 0.6 is 0 Å². The van der Waals surface area contributed by atoms with E-state index < -0.39 is 5.41 Å². The van der Waals surface area contributed by atoms with Gasteiger partial charge in [0.25, 0.3) is 0 Å². The first-order chi connectivity index (χ1) is 42.9. The Labute approximate surface area is 510 Å². The second kappa shape index (κ2) is 23.5. The summed E-state index contributed by atoms with van der Waals surface area (Å²) in [5, 5.41) is 0. The number of benzene rings is 12. The zero-order chi connectivity index (χ0) is 58.8. The monoisotopic (exact) mass is 1130 g/mol. The molecule has 6 heteroatoms. The summed E-state index contributed by atoms with van der Waals surface area (Å²) in [6.07, 6.45) is 0. The van der Waals surface area contributed by atoms with E-state index in [4.69, 9.17) is 18.9 Å². The Morgan fingerprint density at radius 2 is 0.494 bits per heavy atom. The zero-order valence-corrected chi connectivity index (χ0v) is 49.4. The predicted octanol–water partition coefficient (Wildman–Crippen LogP) is 21.2.